The van der Waals surface area contributed by atoms with E-state index in [1.165, 1.54) is 51.4 Å². The fraction of sp³-hybridized carbons (Fsp3) is 0.900. The molecule has 0 unspecified atom stereocenters. The van der Waals surface area contributed by atoms with Crippen LogP contribution in [0.5, 0.6) is 0 Å². The van der Waals surface area contributed by atoms with Gasteiger partial charge in [0, 0.05) is 5.92 Å². The zero-order valence-corrected chi connectivity index (χ0v) is 14.5. The molecule has 3 fully saturated rings. The van der Waals surface area contributed by atoms with Crippen molar-refractivity contribution in [2.75, 3.05) is 13.2 Å². The van der Waals surface area contributed by atoms with E-state index in [1.807, 2.05) is 0 Å². The molecular weight excluding hydrogens is 272 g/mol. The summed E-state index contributed by atoms with van der Waals surface area (Å²) in [5.41, 5.74) is 0. The van der Waals surface area contributed by atoms with Gasteiger partial charge in [-0.1, -0.05) is 45.6 Å². The van der Waals surface area contributed by atoms with E-state index < -0.39 is 0 Å². The molecule has 2 heteroatoms. The highest BCUT2D eigenvalue weighted by Crippen LogP contribution is 2.35. The van der Waals surface area contributed by atoms with Crippen LogP contribution in [0.4, 0.5) is 0 Å². The molecule has 1 heterocycles. The molecule has 0 bridgehead atoms. The Morgan fingerprint density at radius 1 is 0.636 bits per heavy atom. The lowest BCUT2D eigenvalue weighted by Gasteiger charge is -2.36. The number of rotatable bonds is 3. The lowest BCUT2D eigenvalue weighted by Crippen LogP contribution is -2.36. The van der Waals surface area contributed by atoms with Gasteiger partial charge in [0.2, 0.25) is 0 Å². The van der Waals surface area contributed by atoms with Gasteiger partial charge < -0.3 is 9.47 Å². The van der Waals surface area contributed by atoms with E-state index in [-0.39, 0.29) is 6.29 Å². The smallest absolute Gasteiger partial charge is 0.176 e. The van der Waals surface area contributed by atoms with Crippen molar-refractivity contribution in [2.24, 2.45) is 29.6 Å². The molecule has 2 aliphatic carbocycles. The Labute approximate surface area is 136 Å². The maximum Gasteiger partial charge on any atom is 0.176 e. The van der Waals surface area contributed by atoms with Crippen LogP contribution in [0.3, 0.4) is 0 Å². The maximum atomic E-state index is 5.97. The Hall–Kier alpha value is -0.340. The van der Waals surface area contributed by atoms with E-state index in [0.29, 0.717) is 5.92 Å². The third-order valence-electron chi connectivity index (χ3n) is 6.28. The average Bonchev–Trinajstić information content (AvgIpc) is 2.56. The molecule has 0 spiro atoms. The number of hydrogen-bond acceptors (Lipinski definition) is 2. The summed E-state index contributed by atoms with van der Waals surface area (Å²) in [6.45, 7) is 6.56. The second kappa shape index (κ2) is 7.97. The van der Waals surface area contributed by atoms with E-state index in [2.05, 4.69) is 26.0 Å². The van der Waals surface area contributed by atoms with E-state index in [1.54, 1.807) is 0 Å². The van der Waals surface area contributed by atoms with Crippen LogP contribution in [0.25, 0.3) is 0 Å². The summed E-state index contributed by atoms with van der Waals surface area (Å²) in [5, 5.41) is 0. The van der Waals surface area contributed by atoms with Crippen LogP contribution in [0.1, 0.15) is 65.2 Å². The van der Waals surface area contributed by atoms with E-state index in [0.717, 1.165) is 36.9 Å². The summed E-state index contributed by atoms with van der Waals surface area (Å²) in [6, 6.07) is 0. The van der Waals surface area contributed by atoms with Gasteiger partial charge in [-0.25, -0.2) is 0 Å². The molecule has 0 radical (unpaired) electrons. The molecule has 2 nitrogen and oxygen atoms in total. The third-order valence-corrected chi connectivity index (χ3v) is 6.28. The number of ether oxygens (including phenoxy) is 2. The van der Waals surface area contributed by atoms with Crippen LogP contribution in [-0.4, -0.2) is 19.5 Å². The molecule has 2 saturated carbocycles. The van der Waals surface area contributed by atoms with Crippen molar-refractivity contribution in [3.63, 3.8) is 0 Å². The highest BCUT2D eigenvalue weighted by molar-refractivity contribution is 4.94. The highest BCUT2D eigenvalue weighted by Gasteiger charge is 2.30. The highest BCUT2D eigenvalue weighted by atomic mass is 16.7. The fourth-order valence-electron chi connectivity index (χ4n) is 4.40. The van der Waals surface area contributed by atoms with E-state index >= 15 is 0 Å². The summed E-state index contributed by atoms with van der Waals surface area (Å²) < 4.78 is 11.9. The van der Waals surface area contributed by atoms with Gasteiger partial charge in [0.25, 0.3) is 0 Å². The van der Waals surface area contributed by atoms with Crippen molar-refractivity contribution in [1.82, 2.24) is 0 Å². The van der Waals surface area contributed by atoms with Gasteiger partial charge >= 0.3 is 0 Å². The maximum absolute atomic E-state index is 5.97. The van der Waals surface area contributed by atoms with Crippen molar-refractivity contribution in [3.8, 4) is 0 Å². The standard InChI is InChI=1S/C20H34O2/c1-15-3-7-17(8-4-15)9-12-20-21-13-19(14-22-20)18-10-5-16(2)6-11-18/h9,12,15-20H,3-8,10-11,13-14H2,1-2H3/b12-9+. The van der Waals surface area contributed by atoms with Crippen molar-refractivity contribution >= 4 is 0 Å². The van der Waals surface area contributed by atoms with Crippen LogP contribution in [0, 0.1) is 29.6 Å². The topological polar surface area (TPSA) is 18.5 Å². The fourth-order valence-corrected chi connectivity index (χ4v) is 4.40. The Morgan fingerprint density at radius 2 is 1.18 bits per heavy atom. The minimum atomic E-state index is -0.0851. The predicted octanol–water partition coefficient (Wildman–Crippen LogP) is 5.18. The summed E-state index contributed by atoms with van der Waals surface area (Å²) in [6.07, 6.45) is 15.4. The summed E-state index contributed by atoms with van der Waals surface area (Å²) >= 11 is 0. The van der Waals surface area contributed by atoms with Crippen LogP contribution < -0.4 is 0 Å². The molecule has 0 atom stereocenters. The van der Waals surface area contributed by atoms with Crippen LogP contribution in [0.2, 0.25) is 0 Å². The average molecular weight is 306 g/mol. The first-order valence-corrected chi connectivity index (χ1v) is 9.62. The quantitative estimate of drug-likeness (QED) is 0.668. The summed E-state index contributed by atoms with van der Waals surface area (Å²) in [5.74, 6) is 4.07. The normalized spacial score (nSPS) is 44.3. The zero-order chi connectivity index (χ0) is 15.4. The molecule has 0 aromatic carbocycles. The molecule has 3 aliphatic rings. The van der Waals surface area contributed by atoms with Crippen molar-refractivity contribution in [2.45, 2.75) is 71.5 Å². The molecule has 126 valence electrons. The minimum absolute atomic E-state index is 0.0851. The van der Waals surface area contributed by atoms with Crippen molar-refractivity contribution < 1.29 is 9.47 Å². The molecule has 1 aliphatic heterocycles. The Morgan fingerprint density at radius 3 is 1.77 bits per heavy atom. The Bertz CT molecular complexity index is 341. The summed E-state index contributed by atoms with van der Waals surface area (Å²) in [4.78, 5) is 0. The number of hydrogen-bond donors (Lipinski definition) is 0. The monoisotopic (exact) mass is 306 g/mol. The van der Waals surface area contributed by atoms with E-state index in [9.17, 15) is 0 Å². The van der Waals surface area contributed by atoms with Gasteiger partial charge in [-0.05, 0) is 55.4 Å². The Balaban J connectivity index is 1.38. The van der Waals surface area contributed by atoms with Gasteiger partial charge in [0.1, 0.15) is 0 Å². The van der Waals surface area contributed by atoms with Crippen LogP contribution in [-0.2, 0) is 9.47 Å². The molecule has 0 aromatic rings. The third kappa shape index (κ3) is 4.58. The minimum Gasteiger partial charge on any atom is -0.349 e. The predicted molar refractivity (Wildman–Crippen MR) is 90.6 cm³/mol. The first-order chi connectivity index (χ1) is 10.7. The molecule has 0 aromatic heterocycles. The lowest BCUT2D eigenvalue weighted by atomic mass is 9.76. The molecule has 0 amide bonds. The number of allylic oxidation sites excluding steroid dienone is 1. The van der Waals surface area contributed by atoms with Gasteiger partial charge in [-0.3, -0.25) is 0 Å². The van der Waals surface area contributed by atoms with Crippen LogP contribution in [0.15, 0.2) is 12.2 Å². The zero-order valence-electron chi connectivity index (χ0n) is 14.5. The second-order valence-corrected chi connectivity index (χ2v) is 8.22. The van der Waals surface area contributed by atoms with Gasteiger partial charge in [-0.15, -0.1) is 0 Å². The van der Waals surface area contributed by atoms with Gasteiger partial charge in [0.05, 0.1) is 13.2 Å². The SMILES string of the molecule is CC1CCC(/C=C/C2OCC(C3CCC(C)CC3)CO2)CC1. The van der Waals surface area contributed by atoms with E-state index in [4.69, 9.17) is 9.47 Å². The van der Waals surface area contributed by atoms with Gasteiger partial charge in [-0.2, -0.15) is 0 Å². The van der Waals surface area contributed by atoms with Crippen molar-refractivity contribution in [1.29, 1.82) is 0 Å². The van der Waals surface area contributed by atoms with Gasteiger partial charge in [0.15, 0.2) is 6.29 Å². The molecule has 3 rings (SSSR count). The lowest BCUT2D eigenvalue weighted by molar-refractivity contribution is -0.185. The first kappa shape index (κ1) is 16.5. The Kier molecular flexibility index (Phi) is 5.98. The first-order valence-electron chi connectivity index (χ1n) is 9.62. The molecule has 1 saturated heterocycles. The van der Waals surface area contributed by atoms with Crippen LogP contribution >= 0.6 is 0 Å². The molecule has 22 heavy (non-hydrogen) atoms. The van der Waals surface area contributed by atoms with Crippen molar-refractivity contribution in [3.05, 3.63) is 12.2 Å². The largest absolute Gasteiger partial charge is 0.349 e. The molecular formula is C20H34O2. The molecule has 0 N–H and O–H groups in total. The summed E-state index contributed by atoms with van der Waals surface area (Å²) in [7, 11) is 0. The second-order valence-electron chi connectivity index (χ2n) is 8.22.